The molecule has 1 saturated heterocycles. The quantitative estimate of drug-likeness (QED) is 0.728. The van der Waals surface area contributed by atoms with Gasteiger partial charge in [0.2, 0.25) is 0 Å². The van der Waals surface area contributed by atoms with E-state index in [0.29, 0.717) is 0 Å². The van der Waals surface area contributed by atoms with Gasteiger partial charge in [-0.2, -0.15) is 0 Å². The molecule has 18 heavy (non-hydrogen) atoms. The van der Waals surface area contributed by atoms with Crippen LogP contribution in [0.15, 0.2) is 0 Å². The highest BCUT2D eigenvalue weighted by molar-refractivity contribution is 4.78. The van der Waals surface area contributed by atoms with E-state index in [1.54, 1.807) is 0 Å². The van der Waals surface area contributed by atoms with Crippen molar-refractivity contribution < 1.29 is 5.11 Å². The van der Waals surface area contributed by atoms with E-state index in [9.17, 15) is 5.11 Å². The van der Waals surface area contributed by atoms with Crippen LogP contribution < -0.4 is 0 Å². The number of hydrogen-bond donors (Lipinski definition) is 1. The van der Waals surface area contributed by atoms with Gasteiger partial charge in [-0.3, -0.25) is 9.80 Å². The third kappa shape index (κ3) is 6.14. The van der Waals surface area contributed by atoms with Crippen molar-refractivity contribution >= 4 is 0 Å². The van der Waals surface area contributed by atoms with E-state index in [4.69, 9.17) is 0 Å². The first-order chi connectivity index (χ1) is 8.44. The molecule has 0 atom stereocenters. The van der Waals surface area contributed by atoms with Crippen molar-refractivity contribution in [3.63, 3.8) is 0 Å². The number of hydrogen-bond acceptors (Lipinski definition) is 4. The minimum Gasteiger partial charge on any atom is -0.389 e. The van der Waals surface area contributed by atoms with E-state index in [1.165, 1.54) is 13.1 Å². The smallest absolute Gasteiger partial charge is 0.0718 e. The number of aliphatic hydroxyl groups is 1. The second kappa shape index (κ2) is 7.43. The van der Waals surface area contributed by atoms with Crippen LogP contribution in [0.4, 0.5) is 0 Å². The van der Waals surface area contributed by atoms with Crippen LogP contribution in [0, 0.1) is 0 Å². The predicted octanol–water partition coefficient (Wildman–Crippen LogP) is 0.717. The van der Waals surface area contributed by atoms with Crippen molar-refractivity contribution in [2.75, 3.05) is 58.9 Å². The number of likely N-dealkylation sites (N-methyl/N-ethyl adjacent to an activating group) is 1. The zero-order valence-electron chi connectivity index (χ0n) is 12.7. The van der Waals surface area contributed by atoms with Crippen molar-refractivity contribution in [3.8, 4) is 0 Å². The van der Waals surface area contributed by atoms with Crippen LogP contribution in [0.5, 0.6) is 0 Å². The van der Waals surface area contributed by atoms with E-state index in [-0.39, 0.29) is 0 Å². The molecule has 0 spiro atoms. The molecule has 4 heteroatoms. The molecule has 1 N–H and O–H groups in total. The van der Waals surface area contributed by atoms with Crippen LogP contribution >= 0.6 is 0 Å². The molecule has 0 radical (unpaired) electrons. The van der Waals surface area contributed by atoms with Crippen LogP contribution in [0.25, 0.3) is 0 Å². The molecule has 0 bridgehead atoms. The Hall–Kier alpha value is -0.160. The highest BCUT2D eigenvalue weighted by atomic mass is 16.3. The maximum absolute atomic E-state index is 9.81. The minimum atomic E-state index is -0.566. The second-order valence-corrected chi connectivity index (χ2v) is 5.96. The van der Waals surface area contributed by atoms with Crippen molar-refractivity contribution in [2.24, 2.45) is 0 Å². The molecule has 0 aliphatic carbocycles. The number of β-amino-alcohol motifs (C(OH)–C–C–N with tert-alkyl or cyclic N) is 1. The third-order valence-corrected chi connectivity index (χ3v) is 3.70. The third-order valence-electron chi connectivity index (χ3n) is 3.70. The molecule has 108 valence electrons. The minimum absolute atomic E-state index is 0.566. The van der Waals surface area contributed by atoms with E-state index in [2.05, 4.69) is 28.5 Å². The number of rotatable bonds is 7. The summed E-state index contributed by atoms with van der Waals surface area (Å²) in [6, 6.07) is 0. The first kappa shape index (κ1) is 15.9. The van der Waals surface area contributed by atoms with Crippen LogP contribution in [-0.4, -0.2) is 84.3 Å². The van der Waals surface area contributed by atoms with E-state index in [0.717, 1.165) is 45.8 Å². The van der Waals surface area contributed by atoms with E-state index >= 15 is 0 Å². The van der Waals surface area contributed by atoms with Gasteiger partial charge in [-0.15, -0.1) is 0 Å². The Balaban J connectivity index is 2.19. The summed E-state index contributed by atoms with van der Waals surface area (Å²) in [5.74, 6) is 0. The van der Waals surface area contributed by atoms with Gasteiger partial charge in [0, 0.05) is 45.8 Å². The lowest BCUT2D eigenvalue weighted by atomic mass is 10.1. The predicted molar refractivity (Wildman–Crippen MR) is 77.0 cm³/mol. The Morgan fingerprint density at radius 1 is 1.00 bits per heavy atom. The van der Waals surface area contributed by atoms with Crippen molar-refractivity contribution in [3.05, 3.63) is 0 Å². The number of nitrogens with zero attached hydrogens (tertiary/aromatic N) is 3. The molecule has 1 aliphatic heterocycles. The Bertz CT molecular complexity index is 216. The SMILES string of the molecule is CCN(CC)CCN1CCN(CC(C)(C)O)CC1. The van der Waals surface area contributed by atoms with E-state index in [1.807, 2.05) is 13.8 Å². The van der Waals surface area contributed by atoms with Crippen LogP contribution in [-0.2, 0) is 0 Å². The normalized spacial score (nSPS) is 19.7. The summed E-state index contributed by atoms with van der Waals surface area (Å²) < 4.78 is 0. The zero-order chi connectivity index (χ0) is 13.6. The van der Waals surface area contributed by atoms with Crippen LogP contribution in [0.3, 0.4) is 0 Å². The lowest BCUT2D eigenvalue weighted by Crippen LogP contribution is -2.51. The van der Waals surface area contributed by atoms with Gasteiger partial charge in [-0.1, -0.05) is 13.8 Å². The average molecular weight is 257 g/mol. The van der Waals surface area contributed by atoms with Crippen LogP contribution in [0.2, 0.25) is 0 Å². The Morgan fingerprint density at radius 2 is 1.50 bits per heavy atom. The largest absolute Gasteiger partial charge is 0.389 e. The molecule has 0 aromatic carbocycles. The fraction of sp³-hybridized carbons (Fsp3) is 1.00. The first-order valence-corrected chi connectivity index (χ1v) is 7.34. The summed E-state index contributed by atoms with van der Waals surface area (Å²) in [4.78, 5) is 7.39. The summed E-state index contributed by atoms with van der Waals surface area (Å²) in [6.07, 6.45) is 0. The summed E-state index contributed by atoms with van der Waals surface area (Å²) >= 11 is 0. The van der Waals surface area contributed by atoms with Gasteiger partial charge in [-0.05, 0) is 26.9 Å². The monoisotopic (exact) mass is 257 g/mol. The van der Waals surface area contributed by atoms with Gasteiger partial charge < -0.3 is 10.0 Å². The maximum Gasteiger partial charge on any atom is 0.0718 e. The summed E-state index contributed by atoms with van der Waals surface area (Å²) in [6.45, 7) is 18.1. The van der Waals surface area contributed by atoms with Gasteiger partial charge in [-0.25, -0.2) is 0 Å². The second-order valence-electron chi connectivity index (χ2n) is 5.96. The lowest BCUT2D eigenvalue weighted by molar-refractivity contribution is 0.0167. The molecule has 0 unspecified atom stereocenters. The standard InChI is InChI=1S/C14H31N3O/c1-5-15(6-2)7-8-16-9-11-17(12-10-16)13-14(3,4)18/h18H,5-13H2,1-4H3. The number of piperazine rings is 1. The van der Waals surface area contributed by atoms with Gasteiger partial charge >= 0.3 is 0 Å². The van der Waals surface area contributed by atoms with Gasteiger partial charge in [0.15, 0.2) is 0 Å². The van der Waals surface area contributed by atoms with Crippen LogP contribution in [0.1, 0.15) is 27.7 Å². The summed E-state index contributed by atoms with van der Waals surface area (Å²) in [5, 5.41) is 9.81. The van der Waals surface area contributed by atoms with Gasteiger partial charge in [0.25, 0.3) is 0 Å². The van der Waals surface area contributed by atoms with E-state index < -0.39 is 5.60 Å². The molecule has 0 aromatic rings. The Kier molecular flexibility index (Phi) is 6.57. The molecule has 0 amide bonds. The topological polar surface area (TPSA) is 30.0 Å². The lowest BCUT2D eigenvalue weighted by Gasteiger charge is -2.37. The first-order valence-electron chi connectivity index (χ1n) is 7.34. The molecular weight excluding hydrogens is 226 g/mol. The van der Waals surface area contributed by atoms with Crippen molar-refractivity contribution in [1.82, 2.24) is 14.7 Å². The molecular formula is C14H31N3O. The maximum atomic E-state index is 9.81. The Morgan fingerprint density at radius 3 is 1.94 bits per heavy atom. The molecule has 1 aliphatic rings. The molecule has 0 aromatic heterocycles. The van der Waals surface area contributed by atoms with Crippen molar-refractivity contribution in [2.45, 2.75) is 33.3 Å². The van der Waals surface area contributed by atoms with Crippen molar-refractivity contribution in [1.29, 1.82) is 0 Å². The summed E-state index contributed by atoms with van der Waals surface area (Å²) in [5.41, 5.74) is -0.566. The zero-order valence-corrected chi connectivity index (χ0v) is 12.7. The van der Waals surface area contributed by atoms with Gasteiger partial charge in [0.1, 0.15) is 0 Å². The molecule has 1 heterocycles. The van der Waals surface area contributed by atoms with Gasteiger partial charge in [0.05, 0.1) is 5.60 Å². The molecule has 0 saturated carbocycles. The fourth-order valence-electron chi connectivity index (χ4n) is 2.54. The molecule has 1 rings (SSSR count). The average Bonchev–Trinajstić information content (AvgIpc) is 2.30. The molecule has 4 nitrogen and oxygen atoms in total. The summed E-state index contributed by atoms with van der Waals surface area (Å²) in [7, 11) is 0. The highest BCUT2D eigenvalue weighted by Crippen LogP contribution is 2.08. The Labute approximate surface area is 113 Å². The molecule has 1 fully saturated rings. The highest BCUT2D eigenvalue weighted by Gasteiger charge is 2.22. The fourth-order valence-corrected chi connectivity index (χ4v) is 2.54.